The summed E-state index contributed by atoms with van der Waals surface area (Å²) < 4.78 is 4.84. The van der Waals surface area contributed by atoms with Gasteiger partial charge in [0.25, 0.3) is 5.91 Å². The van der Waals surface area contributed by atoms with E-state index in [4.69, 9.17) is 4.74 Å². The fourth-order valence-corrected chi connectivity index (χ4v) is 3.26. The highest BCUT2D eigenvalue weighted by Gasteiger charge is 2.26. The van der Waals surface area contributed by atoms with Crippen molar-refractivity contribution in [2.24, 2.45) is 10.9 Å². The first-order valence-corrected chi connectivity index (χ1v) is 9.30. The topological polar surface area (TPSA) is 74.2 Å². The van der Waals surface area contributed by atoms with Gasteiger partial charge in [0, 0.05) is 46.3 Å². The molecule has 1 aromatic carbocycles. The van der Waals surface area contributed by atoms with Crippen LogP contribution in [0.3, 0.4) is 0 Å². The first-order chi connectivity index (χ1) is 13.0. The maximum absolute atomic E-state index is 12.1. The molecule has 0 aromatic heterocycles. The van der Waals surface area contributed by atoms with Gasteiger partial charge in [-0.15, -0.1) is 0 Å². The molecule has 27 heavy (non-hydrogen) atoms. The van der Waals surface area contributed by atoms with Gasteiger partial charge in [0.1, 0.15) is 0 Å². The molecule has 7 nitrogen and oxygen atoms in total. The molecule has 0 bridgehead atoms. The minimum atomic E-state index is -0.121. The van der Waals surface area contributed by atoms with Crippen molar-refractivity contribution in [3.05, 3.63) is 35.4 Å². The lowest BCUT2D eigenvalue weighted by Gasteiger charge is -2.33. The van der Waals surface area contributed by atoms with Crippen LogP contribution in [0.2, 0.25) is 0 Å². The summed E-state index contributed by atoms with van der Waals surface area (Å²) in [6, 6.07) is 7.72. The molecule has 0 atom stereocenters. The summed E-state index contributed by atoms with van der Waals surface area (Å²) >= 11 is 0. The average Bonchev–Trinajstić information content (AvgIpc) is 2.70. The van der Waals surface area contributed by atoms with Crippen LogP contribution in [0.1, 0.15) is 28.8 Å². The zero-order valence-electron chi connectivity index (χ0n) is 16.7. The third kappa shape index (κ3) is 5.70. The number of methoxy groups -OCH3 is 1. The van der Waals surface area contributed by atoms with E-state index in [-0.39, 0.29) is 17.8 Å². The lowest BCUT2D eigenvalue weighted by Crippen LogP contribution is -2.47. The van der Waals surface area contributed by atoms with Crippen LogP contribution in [0.4, 0.5) is 0 Å². The normalized spacial score (nSPS) is 15.4. The molecule has 1 heterocycles. The number of piperidine rings is 1. The minimum Gasteiger partial charge on any atom is -0.469 e. The number of amides is 1. The monoisotopic (exact) mass is 374 g/mol. The third-order valence-corrected chi connectivity index (χ3v) is 4.82. The molecular weight excluding hydrogens is 344 g/mol. The van der Waals surface area contributed by atoms with E-state index < -0.39 is 0 Å². The summed E-state index contributed by atoms with van der Waals surface area (Å²) in [4.78, 5) is 31.8. The number of hydrogen-bond donors (Lipinski definition) is 1. The van der Waals surface area contributed by atoms with E-state index in [1.807, 2.05) is 24.3 Å². The van der Waals surface area contributed by atoms with Gasteiger partial charge in [-0.1, -0.05) is 12.1 Å². The summed E-state index contributed by atoms with van der Waals surface area (Å²) in [5.74, 6) is 0.721. The molecule has 0 unspecified atom stereocenters. The standard InChI is InChI=1S/C20H30N4O3/c1-21-20(24-12-9-16(10-13-24)19(26)27-4)22-11-8-15-6-5-7-17(14-15)18(25)23(2)3/h5-7,14,16H,8-13H2,1-4H3,(H,21,22). The van der Waals surface area contributed by atoms with Crippen LogP contribution in [-0.4, -0.2) is 75.5 Å². The van der Waals surface area contributed by atoms with Gasteiger partial charge in [-0.05, 0) is 37.0 Å². The van der Waals surface area contributed by atoms with Gasteiger partial charge in [0.05, 0.1) is 13.0 Å². The number of carbonyl (C=O) groups excluding carboxylic acids is 2. The van der Waals surface area contributed by atoms with Gasteiger partial charge >= 0.3 is 5.97 Å². The number of nitrogens with zero attached hydrogens (tertiary/aromatic N) is 3. The second kappa shape index (κ2) is 9.94. The van der Waals surface area contributed by atoms with Crippen molar-refractivity contribution in [1.82, 2.24) is 15.1 Å². The lowest BCUT2D eigenvalue weighted by atomic mass is 9.97. The maximum atomic E-state index is 12.1. The van der Waals surface area contributed by atoms with Crippen molar-refractivity contribution >= 4 is 17.8 Å². The molecule has 1 N–H and O–H groups in total. The molecule has 1 fully saturated rings. The first-order valence-electron chi connectivity index (χ1n) is 9.30. The molecule has 2 rings (SSSR count). The third-order valence-electron chi connectivity index (χ3n) is 4.82. The maximum Gasteiger partial charge on any atom is 0.308 e. The quantitative estimate of drug-likeness (QED) is 0.479. The molecule has 0 saturated carbocycles. The highest BCUT2D eigenvalue weighted by molar-refractivity contribution is 5.94. The van der Waals surface area contributed by atoms with E-state index in [0.29, 0.717) is 5.56 Å². The molecule has 1 saturated heterocycles. The van der Waals surface area contributed by atoms with Gasteiger partial charge in [0.2, 0.25) is 0 Å². The number of ether oxygens (including phenoxy) is 1. The molecular formula is C20H30N4O3. The predicted octanol–water partition coefficient (Wildman–Crippen LogP) is 1.39. The number of carbonyl (C=O) groups is 2. The number of esters is 1. The summed E-state index contributed by atoms with van der Waals surface area (Å²) in [6.45, 7) is 2.29. The largest absolute Gasteiger partial charge is 0.469 e. The number of benzene rings is 1. The van der Waals surface area contributed by atoms with E-state index in [2.05, 4.69) is 15.2 Å². The predicted molar refractivity (Wildman–Crippen MR) is 106 cm³/mol. The van der Waals surface area contributed by atoms with Crippen LogP contribution in [0.15, 0.2) is 29.3 Å². The number of hydrogen-bond acceptors (Lipinski definition) is 4. The van der Waals surface area contributed by atoms with E-state index in [1.54, 1.807) is 26.0 Å². The molecule has 0 aliphatic carbocycles. The van der Waals surface area contributed by atoms with Crippen molar-refractivity contribution in [2.75, 3.05) is 47.9 Å². The van der Waals surface area contributed by atoms with Crippen LogP contribution in [0.25, 0.3) is 0 Å². The van der Waals surface area contributed by atoms with E-state index >= 15 is 0 Å². The van der Waals surface area contributed by atoms with Crippen molar-refractivity contribution in [2.45, 2.75) is 19.3 Å². The number of guanidine groups is 1. The summed E-state index contributed by atoms with van der Waals surface area (Å²) in [7, 11) is 6.72. The Hall–Kier alpha value is -2.57. The van der Waals surface area contributed by atoms with Gasteiger partial charge in [-0.3, -0.25) is 14.6 Å². The lowest BCUT2D eigenvalue weighted by molar-refractivity contribution is -0.146. The Bertz CT molecular complexity index is 680. The second-order valence-corrected chi connectivity index (χ2v) is 6.91. The Balaban J connectivity index is 1.84. The van der Waals surface area contributed by atoms with Crippen LogP contribution in [0.5, 0.6) is 0 Å². The van der Waals surface area contributed by atoms with E-state index in [9.17, 15) is 9.59 Å². The Morgan fingerprint density at radius 3 is 2.59 bits per heavy atom. The molecule has 1 aromatic rings. The smallest absolute Gasteiger partial charge is 0.308 e. The number of likely N-dealkylation sites (tertiary alicyclic amines) is 1. The Morgan fingerprint density at radius 2 is 2.00 bits per heavy atom. The van der Waals surface area contributed by atoms with Crippen LogP contribution >= 0.6 is 0 Å². The molecule has 148 valence electrons. The first kappa shape index (κ1) is 20.7. The van der Waals surface area contributed by atoms with Crippen LogP contribution in [-0.2, 0) is 16.0 Å². The SMILES string of the molecule is CN=C(NCCc1cccc(C(=O)N(C)C)c1)N1CCC(C(=O)OC)CC1. The molecule has 7 heteroatoms. The van der Waals surface area contributed by atoms with E-state index in [0.717, 1.165) is 50.4 Å². The van der Waals surface area contributed by atoms with Crippen molar-refractivity contribution in [3.63, 3.8) is 0 Å². The summed E-state index contributed by atoms with van der Waals surface area (Å²) in [6.07, 6.45) is 2.36. The van der Waals surface area contributed by atoms with Crippen LogP contribution < -0.4 is 5.32 Å². The molecule has 1 aliphatic rings. The fraction of sp³-hybridized carbons (Fsp3) is 0.550. The Kier molecular flexibility index (Phi) is 7.64. The number of nitrogens with one attached hydrogen (secondary N) is 1. The Labute approximate surface area is 161 Å². The van der Waals surface area contributed by atoms with Crippen molar-refractivity contribution < 1.29 is 14.3 Å². The highest BCUT2D eigenvalue weighted by atomic mass is 16.5. The number of rotatable bonds is 5. The summed E-state index contributed by atoms with van der Waals surface area (Å²) in [5, 5.41) is 3.38. The minimum absolute atomic E-state index is 0.00842. The average molecular weight is 374 g/mol. The van der Waals surface area contributed by atoms with Gasteiger partial charge < -0.3 is 19.9 Å². The zero-order valence-corrected chi connectivity index (χ0v) is 16.7. The molecule has 1 aliphatic heterocycles. The fourth-order valence-electron chi connectivity index (χ4n) is 3.26. The van der Waals surface area contributed by atoms with Gasteiger partial charge in [-0.25, -0.2) is 0 Å². The molecule has 1 amide bonds. The second-order valence-electron chi connectivity index (χ2n) is 6.91. The Morgan fingerprint density at radius 1 is 1.30 bits per heavy atom. The molecule has 0 radical (unpaired) electrons. The van der Waals surface area contributed by atoms with Crippen LogP contribution in [0, 0.1) is 5.92 Å². The van der Waals surface area contributed by atoms with E-state index in [1.165, 1.54) is 7.11 Å². The highest BCUT2D eigenvalue weighted by Crippen LogP contribution is 2.18. The van der Waals surface area contributed by atoms with Gasteiger partial charge in [0.15, 0.2) is 5.96 Å². The number of aliphatic imine (C=N–C) groups is 1. The van der Waals surface area contributed by atoms with Crippen molar-refractivity contribution in [1.29, 1.82) is 0 Å². The summed E-state index contributed by atoms with van der Waals surface area (Å²) in [5.41, 5.74) is 1.81. The van der Waals surface area contributed by atoms with Crippen molar-refractivity contribution in [3.8, 4) is 0 Å². The molecule has 0 spiro atoms. The van der Waals surface area contributed by atoms with Gasteiger partial charge in [-0.2, -0.15) is 0 Å². The zero-order chi connectivity index (χ0) is 19.8.